The topological polar surface area (TPSA) is 101 Å². The number of methoxy groups -OCH3 is 2. The number of rotatable bonds is 6. The molecular formula is C27H31N5O4. The zero-order valence-electron chi connectivity index (χ0n) is 20.8. The Labute approximate surface area is 211 Å². The fourth-order valence-corrected chi connectivity index (χ4v) is 5.35. The van der Waals surface area contributed by atoms with Gasteiger partial charge in [0.1, 0.15) is 11.5 Å². The van der Waals surface area contributed by atoms with Crippen LogP contribution >= 0.6 is 0 Å². The van der Waals surface area contributed by atoms with Crippen LogP contribution in [0.3, 0.4) is 0 Å². The summed E-state index contributed by atoms with van der Waals surface area (Å²) >= 11 is 0. The van der Waals surface area contributed by atoms with Crippen LogP contribution in [0.5, 0.6) is 11.5 Å². The molecule has 2 saturated heterocycles. The first-order valence-electron chi connectivity index (χ1n) is 12.4. The molecule has 1 aliphatic carbocycles. The van der Waals surface area contributed by atoms with Crippen LogP contribution in [-0.4, -0.2) is 85.3 Å². The third-order valence-corrected chi connectivity index (χ3v) is 7.28. The maximum absolute atomic E-state index is 13.2. The lowest BCUT2D eigenvalue weighted by atomic mass is 10.0. The number of carbonyl (C=O) groups is 1. The Morgan fingerprint density at radius 3 is 2.58 bits per heavy atom. The number of likely N-dealkylation sites (tertiary alicyclic amines) is 1. The van der Waals surface area contributed by atoms with Gasteiger partial charge < -0.3 is 19.1 Å². The molecule has 36 heavy (non-hydrogen) atoms. The molecule has 3 aliphatic rings. The lowest BCUT2D eigenvalue weighted by Gasteiger charge is -2.40. The molecule has 0 unspecified atom stereocenters. The summed E-state index contributed by atoms with van der Waals surface area (Å²) in [5.41, 5.74) is 4.18. The number of piperidine rings is 1. The minimum Gasteiger partial charge on any atom is -0.496 e. The van der Waals surface area contributed by atoms with E-state index in [-0.39, 0.29) is 5.91 Å². The van der Waals surface area contributed by atoms with Crippen molar-refractivity contribution >= 4 is 11.5 Å². The van der Waals surface area contributed by atoms with Gasteiger partial charge in [-0.25, -0.2) is 0 Å². The van der Waals surface area contributed by atoms with Gasteiger partial charge in [0.2, 0.25) is 0 Å². The predicted molar refractivity (Wildman–Crippen MR) is 133 cm³/mol. The van der Waals surface area contributed by atoms with E-state index < -0.39 is 0 Å². The molecule has 2 aromatic heterocycles. The molecule has 0 aromatic carbocycles. The maximum Gasteiger partial charge on any atom is 0.255 e. The molecule has 188 valence electrons. The highest BCUT2D eigenvalue weighted by Gasteiger charge is 2.29. The molecular weight excluding hydrogens is 458 g/mol. The Hall–Kier alpha value is -3.48. The van der Waals surface area contributed by atoms with Gasteiger partial charge in [-0.3, -0.25) is 19.7 Å². The van der Waals surface area contributed by atoms with Gasteiger partial charge in [0, 0.05) is 57.3 Å². The fourth-order valence-electron chi connectivity index (χ4n) is 5.35. The van der Waals surface area contributed by atoms with Gasteiger partial charge in [-0.2, -0.15) is 5.26 Å². The van der Waals surface area contributed by atoms with Crippen molar-refractivity contribution in [3.63, 3.8) is 0 Å². The predicted octanol–water partition coefficient (Wildman–Crippen LogP) is 2.48. The Balaban J connectivity index is 1.28. The van der Waals surface area contributed by atoms with E-state index in [9.17, 15) is 10.1 Å². The summed E-state index contributed by atoms with van der Waals surface area (Å²) in [5, 5.41) is 9.38. The Kier molecular flexibility index (Phi) is 7.16. The van der Waals surface area contributed by atoms with Gasteiger partial charge in [-0.15, -0.1) is 0 Å². The van der Waals surface area contributed by atoms with Crippen molar-refractivity contribution in [2.75, 3.05) is 53.6 Å². The summed E-state index contributed by atoms with van der Waals surface area (Å²) in [5.74, 6) is 1.17. The molecule has 9 nitrogen and oxygen atoms in total. The lowest BCUT2D eigenvalue weighted by molar-refractivity contribution is 0.00158. The van der Waals surface area contributed by atoms with Gasteiger partial charge in [-0.05, 0) is 18.9 Å². The van der Waals surface area contributed by atoms with Crippen LogP contribution in [0.4, 0.5) is 0 Å². The molecule has 2 fully saturated rings. The molecule has 0 atom stereocenters. The van der Waals surface area contributed by atoms with E-state index in [1.807, 2.05) is 17.0 Å². The zero-order valence-corrected chi connectivity index (χ0v) is 20.8. The second kappa shape index (κ2) is 10.6. The number of carbonyl (C=O) groups excluding carboxylic acids is 1. The van der Waals surface area contributed by atoms with Crippen LogP contribution in [0.1, 0.15) is 45.8 Å². The van der Waals surface area contributed by atoms with E-state index in [0.29, 0.717) is 47.2 Å². The minimum absolute atomic E-state index is 0.0137. The van der Waals surface area contributed by atoms with Crippen LogP contribution in [-0.2, 0) is 17.6 Å². The second-order valence-electron chi connectivity index (χ2n) is 9.29. The van der Waals surface area contributed by atoms with Crippen LogP contribution in [0.25, 0.3) is 5.57 Å². The Morgan fingerprint density at radius 2 is 1.89 bits per heavy atom. The van der Waals surface area contributed by atoms with Gasteiger partial charge >= 0.3 is 0 Å². The van der Waals surface area contributed by atoms with Crippen LogP contribution in [0.2, 0.25) is 0 Å². The second-order valence-corrected chi connectivity index (χ2v) is 9.29. The number of hydrogen-bond acceptors (Lipinski definition) is 8. The molecule has 0 spiro atoms. The van der Waals surface area contributed by atoms with Gasteiger partial charge in [-0.1, -0.05) is 6.08 Å². The first-order valence-corrected chi connectivity index (χ1v) is 12.4. The average molecular weight is 490 g/mol. The smallest absolute Gasteiger partial charge is 0.255 e. The van der Waals surface area contributed by atoms with Crippen LogP contribution in [0.15, 0.2) is 24.4 Å². The van der Waals surface area contributed by atoms with Crippen molar-refractivity contribution in [3.05, 3.63) is 52.6 Å². The summed E-state index contributed by atoms with van der Waals surface area (Å²) in [6.45, 7) is 5.01. The van der Waals surface area contributed by atoms with Crippen molar-refractivity contribution in [1.82, 2.24) is 19.8 Å². The number of fused-ring (bicyclic) bond motifs is 1. The number of nitrogens with zero attached hydrogens (tertiary/aromatic N) is 5. The maximum atomic E-state index is 13.2. The van der Waals surface area contributed by atoms with Crippen molar-refractivity contribution in [1.29, 1.82) is 5.26 Å². The highest BCUT2D eigenvalue weighted by atomic mass is 16.5. The molecule has 0 radical (unpaired) electrons. The molecule has 2 aromatic rings. The van der Waals surface area contributed by atoms with Crippen molar-refractivity contribution in [2.24, 2.45) is 0 Å². The SMILES string of the molecule is COc1cc(C(=O)N2CCC(N3CCOCC3)CC2)cnc1Cc1cc(OC)c2c(n1)CC=C2C#N. The monoisotopic (exact) mass is 489 g/mol. The van der Waals surface area contributed by atoms with E-state index in [1.54, 1.807) is 26.5 Å². The summed E-state index contributed by atoms with van der Waals surface area (Å²) < 4.78 is 16.6. The van der Waals surface area contributed by atoms with E-state index in [2.05, 4.69) is 16.0 Å². The quantitative estimate of drug-likeness (QED) is 0.610. The number of nitriles is 1. The highest BCUT2D eigenvalue weighted by molar-refractivity contribution is 5.94. The molecule has 0 bridgehead atoms. The van der Waals surface area contributed by atoms with Crippen LogP contribution in [0, 0.1) is 11.3 Å². The minimum atomic E-state index is -0.0137. The van der Waals surface area contributed by atoms with Gasteiger partial charge in [0.15, 0.2) is 0 Å². The average Bonchev–Trinajstić information content (AvgIpc) is 3.36. The third-order valence-electron chi connectivity index (χ3n) is 7.28. The summed E-state index contributed by atoms with van der Waals surface area (Å²) in [6, 6.07) is 6.35. The number of hydrogen-bond donors (Lipinski definition) is 0. The van der Waals surface area contributed by atoms with E-state index in [4.69, 9.17) is 19.2 Å². The highest BCUT2D eigenvalue weighted by Crippen LogP contribution is 2.35. The molecule has 5 rings (SSSR count). The first kappa shape index (κ1) is 24.2. The molecule has 4 heterocycles. The largest absolute Gasteiger partial charge is 0.496 e. The van der Waals surface area contributed by atoms with Crippen molar-refractivity contribution in [3.8, 4) is 17.6 Å². The molecule has 2 aliphatic heterocycles. The summed E-state index contributed by atoms with van der Waals surface area (Å²) in [4.78, 5) is 27.0. The Bertz CT molecular complexity index is 1210. The summed E-state index contributed by atoms with van der Waals surface area (Å²) in [6.07, 6.45) is 6.48. The summed E-state index contributed by atoms with van der Waals surface area (Å²) in [7, 11) is 3.18. The number of aromatic nitrogens is 2. The third kappa shape index (κ3) is 4.79. The first-order chi connectivity index (χ1) is 17.6. The van der Waals surface area contributed by atoms with E-state index >= 15 is 0 Å². The van der Waals surface area contributed by atoms with Gasteiger partial charge in [0.25, 0.3) is 5.91 Å². The number of pyridine rings is 2. The number of allylic oxidation sites excluding steroid dienone is 2. The van der Waals surface area contributed by atoms with Gasteiger partial charge in [0.05, 0.1) is 67.3 Å². The molecule has 0 saturated carbocycles. The number of amides is 1. The zero-order chi connectivity index (χ0) is 25.1. The lowest BCUT2D eigenvalue weighted by Crippen LogP contribution is -2.50. The van der Waals surface area contributed by atoms with Crippen LogP contribution < -0.4 is 9.47 Å². The molecule has 1 amide bonds. The van der Waals surface area contributed by atoms with Crippen molar-refractivity contribution in [2.45, 2.75) is 31.7 Å². The van der Waals surface area contributed by atoms with Crippen molar-refractivity contribution < 1.29 is 19.0 Å². The number of morpholine rings is 1. The number of ether oxygens (including phenoxy) is 3. The fraction of sp³-hybridized carbons (Fsp3) is 0.481. The molecule has 0 N–H and O–H groups in total. The standard InChI is InChI=1S/C27H31N5O4/c1-34-24-13-19(27(33)32-7-5-21(6-8-32)31-9-11-36-12-10-31)17-29-23(24)14-20-15-25(35-2)26-18(16-28)3-4-22(26)30-20/h3,13,15,17,21H,4-12,14H2,1-2H3. The normalized spacial score (nSPS) is 18.4. The van der Waals surface area contributed by atoms with E-state index in [1.165, 1.54) is 0 Å². The Morgan fingerprint density at radius 1 is 1.14 bits per heavy atom. The molecule has 9 heteroatoms. The van der Waals surface area contributed by atoms with E-state index in [0.717, 1.165) is 69.2 Å².